The first-order valence-electron chi connectivity index (χ1n) is 18.4. The average molecular weight is 703 g/mol. The van der Waals surface area contributed by atoms with E-state index in [-0.39, 0.29) is 0 Å². The summed E-state index contributed by atoms with van der Waals surface area (Å²) >= 11 is 0. The van der Waals surface area contributed by atoms with E-state index in [4.69, 9.17) is 24.4 Å². The van der Waals surface area contributed by atoms with Crippen LogP contribution in [-0.2, 0) is 0 Å². The van der Waals surface area contributed by atoms with Gasteiger partial charge in [-0.3, -0.25) is 0 Å². The fraction of sp³-hybridized carbons (Fsp3) is 0. The SMILES string of the molecule is c1ccc(-c2nc3c4ccccc4c4ccc(-c5cccc(-c6nc(-c7ccc8ccccc8c7)nc(-c7ccc8ccccc8c7)n6)c5)cc4c3o2)cc1. The standard InChI is InChI=1S/C50H30N4O/c1-2-13-33(14-3-1)50-51-45-43-20-9-8-19-41(43)42-26-25-37(30-44(42)46(45)55-50)36-17-10-18-38(29-36)47-52-48(39-23-21-31-11-4-6-15-34(31)27-39)54-49(53-47)40-24-22-32-12-5-7-16-35(32)28-40/h1-30H. The fourth-order valence-electron chi connectivity index (χ4n) is 7.72. The van der Waals surface area contributed by atoms with Crippen LogP contribution in [-0.4, -0.2) is 19.9 Å². The van der Waals surface area contributed by atoms with Gasteiger partial charge in [0, 0.05) is 33.0 Å². The van der Waals surface area contributed by atoms with Crippen LogP contribution >= 0.6 is 0 Å². The zero-order chi connectivity index (χ0) is 36.3. The molecule has 256 valence electrons. The van der Waals surface area contributed by atoms with E-state index in [0.29, 0.717) is 23.4 Å². The number of rotatable bonds is 5. The molecule has 0 bridgehead atoms. The minimum atomic E-state index is 0.611. The highest BCUT2D eigenvalue weighted by Gasteiger charge is 2.18. The van der Waals surface area contributed by atoms with Gasteiger partial charge in [-0.1, -0.05) is 146 Å². The summed E-state index contributed by atoms with van der Waals surface area (Å²) in [4.78, 5) is 20.3. The first-order chi connectivity index (χ1) is 27.2. The predicted molar refractivity (Wildman–Crippen MR) is 225 cm³/mol. The Morgan fingerprint density at radius 2 is 0.782 bits per heavy atom. The summed E-state index contributed by atoms with van der Waals surface area (Å²) in [6.07, 6.45) is 0. The van der Waals surface area contributed by atoms with Crippen LogP contribution in [0.1, 0.15) is 0 Å². The van der Waals surface area contributed by atoms with E-state index >= 15 is 0 Å². The molecule has 5 nitrogen and oxygen atoms in total. The van der Waals surface area contributed by atoms with Crippen LogP contribution < -0.4 is 0 Å². The van der Waals surface area contributed by atoms with Crippen molar-refractivity contribution in [2.75, 3.05) is 0 Å². The molecule has 9 aromatic carbocycles. The lowest BCUT2D eigenvalue weighted by Gasteiger charge is -2.11. The first kappa shape index (κ1) is 31.1. The van der Waals surface area contributed by atoms with Crippen LogP contribution in [0.15, 0.2) is 186 Å². The lowest BCUT2D eigenvalue weighted by Crippen LogP contribution is -2.00. The van der Waals surface area contributed by atoms with Gasteiger partial charge in [0.05, 0.1) is 0 Å². The van der Waals surface area contributed by atoms with Crippen LogP contribution in [0.5, 0.6) is 0 Å². The molecule has 2 heterocycles. The van der Waals surface area contributed by atoms with Crippen molar-refractivity contribution in [1.82, 2.24) is 19.9 Å². The van der Waals surface area contributed by atoms with E-state index in [1.165, 1.54) is 10.8 Å². The molecule has 0 radical (unpaired) electrons. The second-order valence-corrected chi connectivity index (χ2v) is 13.9. The molecule has 0 atom stereocenters. The third-order valence-corrected chi connectivity index (χ3v) is 10.5. The van der Waals surface area contributed by atoms with E-state index in [1.54, 1.807) is 0 Å². The molecule has 0 fully saturated rings. The first-order valence-corrected chi connectivity index (χ1v) is 18.4. The van der Waals surface area contributed by atoms with Crippen LogP contribution in [0.4, 0.5) is 0 Å². The number of fused-ring (bicyclic) bond motifs is 8. The van der Waals surface area contributed by atoms with Gasteiger partial charge >= 0.3 is 0 Å². The van der Waals surface area contributed by atoms with Gasteiger partial charge in [-0.2, -0.15) is 0 Å². The topological polar surface area (TPSA) is 64.7 Å². The molecular formula is C50H30N4O. The summed E-state index contributed by atoms with van der Waals surface area (Å²) in [5.74, 6) is 2.48. The summed E-state index contributed by atoms with van der Waals surface area (Å²) in [5, 5.41) is 8.97. The summed E-state index contributed by atoms with van der Waals surface area (Å²) in [5.41, 5.74) is 7.47. The Morgan fingerprint density at radius 3 is 1.45 bits per heavy atom. The zero-order valence-corrected chi connectivity index (χ0v) is 29.5. The zero-order valence-electron chi connectivity index (χ0n) is 29.5. The van der Waals surface area contributed by atoms with Gasteiger partial charge in [-0.15, -0.1) is 0 Å². The minimum Gasteiger partial charge on any atom is -0.435 e. The maximum absolute atomic E-state index is 6.59. The molecule has 0 aliphatic carbocycles. The third kappa shape index (κ3) is 5.41. The van der Waals surface area contributed by atoms with Crippen molar-refractivity contribution in [2.24, 2.45) is 0 Å². The Hall–Kier alpha value is -7.50. The van der Waals surface area contributed by atoms with Gasteiger partial charge in [-0.05, 0) is 79.8 Å². The van der Waals surface area contributed by atoms with Crippen molar-refractivity contribution in [3.05, 3.63) is 182 Å². The van der Waals surface area contributed by atoms with Crippen molar-refractivity contribution in [2.45, 2.75) is 0 Å². The molecule has 2 aromatic heterocycles. The molecular weight excluding hydrogens is 673 g/mol. The second-order valence-electron chi connectivity index (χ2n) is 13.9. The predicted octanol–water partition coefficient (Wildman–Crippen LogP) is 13.0. The maximum atomic E-state index is 6.59. The van der Waals surface area contributed by atoms with Gasteiger partial charge < -0.3 is 4.42 Å². The van der Waals surface area contributed by atoms with Crippen LogP contribution in [0.3, 0.4) is 0 Å². The normalized spacial score (nSPS) is 11.6. The second kappa shape index (κ2) is 12.6. The molecule has 5 heteroatoms. The number of hydrogen-bond acceptors (Lipinski definition) is 5. The molecule has 55 heavy (non-hydrogen) atoms. The summed E-state index contributed by atoms with van der Waals surface area (Å²) in [6, 6.07) is 63.0. The van der Waals surface area contributed by atoms with Crippen molar-refractivity contribution in [1.29, 1.82) is 0 Å². The molecule has 0 aliphatic heterocycles. The average Bonchev–Trinajstić information content (AvgIpc) is 3.73. The van der Waals surface area contributed by atoms with Crippen molar-refractivity contribution >= 4 is 54.2 Å². The van der Waals surface area contributed by atoms with Gasteiger partial charge in [-0.25, -0.2) is 19.9 Å². The number of oxazole rings is 1. The number of nitrogens with zero attached hydrogens (tertiary/aromatic N) is 4. The van der Waals surface area contributed by atoms with Gasteiger partial charge in [0.25, 0.3) is 0 Å². The van der Waals surface area contributed by atoms with Crippen molar-refractivity contribution in [3.8, 4) is 56.7 Å². The van der Waals surface area contributed by atoms with E-state index < -0.39 is 0 Å². The highest BCUT2D eigenvalue weighted by Crippen LogP contribution is 2.39. The third-order valence-electron chi connectivity index (χ3n) is 10.5. The minimum absolute atomic E-state index is 0.611. The van der Waals surface area contributed by atoms with Crippen LogP contribution in [0, 0.1) is 0 Å². The molecule has 0 N–H and O–H groups in total. The van der Waals surface area contributed by atoms with E-state index in [9.17, 15) is 0 Å². The molecule has 0 saturated heterocycles. The Balaban J connectivity index is 1.07. The molecule has 0 spiro atoms. The molecule has 0 aliphatic rings. The summed E-state index contributed by atoms with van der Waals surface area (Å²) < 4.78 is 6.59. The van der Waals surface area contributed by atoms with E-state index in [2.05, 4.69) is 152 Å². The summed E-state index contributed by atoms with van der Waals surface area (Å²) in [7, 11) is 0. The van der Waals surface area contributed by atoms with Gasteiger partial charge in [0.1, 0.15) is 5.52 Å². The Kier molecular flexibility index (Phi) is 7.10. The molecule has 11 aromatic rings. The Morgan fingerprint density at radius 1 is 0.291 bits per heavy atom. The number of hydrogen-bond donors (Lipinski definition) is 0. The fourth-order valence-corrected chi connectivity index (χ4v) is 7.72. The molecule has 0 amide bonds. The molecule has 11 rings (SSSR count). The van der Waals surface area contributed by atoms with Gasteiger partial charge in [0.15, 0.2) is 23.1 Å². The summed E-state index contributed by atoms with van der Waals surface area (Å²) in [6.45, 7) is 0. The monoisotopic (exact) mass is 702 g/mol. The molecule has 0 saturated carbocycles. The smallest absolute Gasteiger partial charge is 0.227 e. The van der Waals surface area contributed by atoms with Gasteiger partial charge in [0.2, 0.25) is 5.89 Å². The van der Waals surface area contributed by atoms with E-state index in [1.807, 2.05) is 30.3 Å². The maximum Gasteiger partial charge on any atom is 0.227 e. The quantitative estimate of drug-likeness (QED) is 0.167. The van der Waals surface area contributed by atoms with Crippen LogP contribution in [0.25, 0.3) is 111 Å². The van der Waals surface area contributed by atoms with Crippen molar-refractivity contribution < 1.29 is 4.42 Å². The number of benzene rings is 9. The van der Waals surface area contributed by atoms with Crippen molar-refractivity contribution in [3.63, 3.8) is 0 Å². The molecule has 0 unspecified atom stereocenters. The Labute approximate surface area is 316 Å². The highest BCUT2D eigenvalue weighted by atomic mass is 16.3. The highest BCUT2D eigenvalue weighted by molar-refractivity contribution is 6.23. The lowest BCUT2D eigenvalue weighted by atomic mass is 9.95. The number of aromatic nitrogens is 4. The Bertz CT molecular complexity index is 3180. The van der Waals surface area contributed by atoms with Crippen LogP contribution in [0.2, 0.25) is 0 Å². The van der Waals surface area contributed by atoms with E-state index in [0.717, 1.165) is 76.8 Å². The lowest BCUT2D eigenvalue weighted by molar-refractivity contribution is 0.623. The largest absolute Gasteiger partial charge is 0.435 e.